The van der Waals surface area contributed by atoms with Crippen molar-refractivity contribution in [3.05, 3.63) is 33.8 Å². The summed E-state index contributed by atoms with van der Waals surface area (Å²) >= 11 is 11.7. The minimum Gasteiger partial charge on any atom is -0.377 e. The van der Waals surface area contributed by atoms with Gasteiger partial charge in [0.1, 0.15) is 0 Å². The SMILES string of the molecule is CCOC(C)C/N=C/c1cc(Cl)cc(Cl)c1. The number of halogens is 2. The van der Waals surface area contributed by atoms with E-state index in [1.54, 1.807) is 12.3 Å². The van der Waals surface area contributed by atoms with Gasteiger partial charge in [-0.25, -0.2) is 0 Å². The average Bonchev–Trinajstić information content (AvgIpc) is 2.16. The van der Waals surface area contributed by atoms with Gasteiger partial charge in [-0.2, -0.15) is 0 Å². The standard InChI is InChI=1S/C12H15Cl2NO/c1-3-16-9(2)7-15-8-10-4-11(13)6-12(14)5-10/h4-6,8-9H,3,7H2,1-2H3/b15-8+. The van der Waals surface area contributed by atoms with E-state index in [1.807, 2.05) is 26.0 Å². The zero-order chi connectivity index (χ0) is 12.0. The molecule has 1 atom stereocenters. The van der Waals surface area contributed by atoms with E-state index < -0.39 is 0 Å². The summed E-state index contributed by atoms with van der Waals surface area (Å²) < 4.78 is 5.36. The molecule has 1 aromatic carbocycles. The third kappa shape index (κ3) is 4.97. The van der Waals surface area contributed by atoms with Crippen molar-refractivity contribution < 1.29 is 4.74 Å². The van der Waals surface area contributed by atoms with E-state index >= 15 is 0 Å². The van der Waals surface area contributed by atoms with Gasteiger partial charge < -0.3 is 4.74 Å². The third-order valence-electron chi connectivity index (χ3n) is 1.94. The molecule has 0 amide bonds. The highest BCUT2D eigenvalue weighted by molar-refractivity contribution is 6.35. The summed E-state index contributed by atoms with van der Waals surface area (Å²) in [5, 5.41) is 1.23. The second-order valence-electron chi connectivity index (χ2n) is 3.46. The summed E-state index contributed by atoms with van der Waals surface area (Å²) in [5.74, 6) is 0. The number of rotatable bonds is 5. The van der Waals surface area contributed by atoms with Gasteiger partial charge in [0.25, 0.3) is 0 Å². The van der Waals surface area contributed by atoms with Crippen LogP contribution in [-0.2, 0) is 4.74 Å². The van der Waals surface area contributed by atoms with Crippen LogP contribution in [0.1, 0.15) is 19.4 Å². The predicted molar refractivity (Wildman–Crippen MR) is 70.0 cm³/mol. The lowest BCUT2D eigenvalue weighted by atomic mass is 10.2. The fourth-order valence-corrected chi connectivity index (χ4v) is 1.84. The summed E-state index contributed by atoms with van der Waals surface area (Å²) in [6.07, 6.45) is 1.89. The van der Waals surface area contributed by atoms with Gasteiger partial charge in [-0.1, -0.05) is 23.2 Å². The largest absolute Gasteiger partial charge is 0.377 e. The maximum absolute atomic E-state index is 5.87. The molecule has 88 valence electrons. The van der Waals surface area contributed by atoms with E-state index in [-0.39, 0.29) is 6.10 Å². The highest BCUT2D eigenvalue weighted by Crippen LogP contribution is 2.17. The van der Waals surface area contributed by atoms with Crippen LogP contribution in [0.15, 0.2) is 23.2 Å². The normalized spacial score (nSPS) is 13.2. The Hall–Kier alpha value is -0.570. The van der Waals surface area contributed by atoms with Crippen molar-refractivity contribution >= 4 is 29.4 Å². The Labute approximate surface area is 106 Å². The Morgan fingerprint density at radius 3 is 2.50 bits per heavy atom. The first kappa shape index (κ1) is 13.5. The number of nitrogens with zero attached hydrogens (tertiary/aromatic N) is 1. The molecule has 0 saturated carbocycles. The van der Waals surface area contributed by atoms with Crippen LogP contribution in [0.4, 0.5) is 0 Å². The molecule has 4 heteroatoms. The summed E-state index contributed by atoms with van der Waals surface area (Å²) in [6.45, 7) is 5.31. The van der Waals surface area contributed by atoms with Crippen molar-refractivity contribution in [2.24, 2.45) is 4.99 Å². The first-order valence-electron chi connectivity index (χ1n) is 5.19. The minimum absolute atomic E-state index is 0.135. The van der Waals surface area contributed by atoms with Crippen LogP contribution in [0, 0.1) is 0 Å². The van der Waals surface area contributed by atoms with Gasteiger partial charge in [-0.3, -0.25) is 4.99 Å². The highest BCUT2D eigenvalue weighted by Gasteiger charge is 1.98. The molecule has 0 N–H and O–H groups in total. The zero-order valence-corrected chi connectivity index (χ0v) is 10.9. The maximum Gasteiger partial charge on any atom is 0.0741 e. The van der Waals surface area contributed by atoms with E-state index in [0.717, 1.165) is 5.56 Å². The lowest BCUT2D eigenvalue weighted by Crippen LogP contribution is -2.11. The molecule has 0 bridgehead atoms. The van der Waals surface area contributed by atoms with Crippen molar-refractivity contribution in [3.8, 4) is 0 Å². The van der Waals surface area contributed by atoms with Gasteiger partial charge >= 0.3 is 0 Å². The zero-order valence-electron chi connectivity index (χ0n) is 9.41. The Kier molecular flexibility index (Phi) is 5.81. The van der Waals surface area contributed by atoms with Gasteiger partial charge in [0, 0.05) is 22.9 Å². The topological polar surface area (TPSA) is 21.6 Å². The van der Waals surface area contributed by atoms with Crippen molar-refractivity contribution in [3.63, 3.8) is 0 Å². The molecule has 1 rings (SSSR count). The van der Waals surface area contributed by atoms with Crippen LogP contribution in [0.3, 0.4) is 0 Å². The van der Waals surface area contributed by atoms with Crippen LogP contribution in [-0.4, -0.2) is 25.5 Å². The first-order valence-corrected chi connectivity index (χ1v) is 5.95. The molecule has 1 aromatic rings. The molecule has 0 saturated heterocycles. The lowest BCUT2D eigenvalue weighted by molar-refractivity contribution is 0.0830. The minimum atomic E-state index is 0.135. The fraction of sp³-hybridized carbons (Fsp3) is 0.417. The molecule has 0 spiro atoms. The number of aliphatic imine (C=N–C) groups is 1. The monoisotopic (exact) mass is 259 g/mol. The Bertz CT molecular complexity index is 346. The predicted octanol–water partition coefficient (Wildman–Crippen LogP) is 3.84. The quantitative estimate of drug-likeness (QED) is 0.737. The van der Waals surface area contributed by atoms with Crippen LogP contribution in [0.25, 0.3) is 0 Å². The molecule has 0 aliphatic rings. The molecule has 0 radical (unpaired) electrons. The van der Waals surface area contributed by atoms with Gasteiger partial charge in [0.15, 0.2) is 0 Å². The first-order chi connectivity index (χ1) is 7.61. The molecule has 0 fully saturated rings. The maximum atomic E-state index is 5.87. The molecule has 16 heavy (non-hydrogen) atoms. The van der Waals surface area contributed by atoms with E-state index in [4.69, 9.17) is 27.9 Å². The van der Waals surface area contributed by atoms with E-state index in [1.165, 1.54) is 0 Å². The summed E-state index contributed by atoms with van der Waals surface area (Å²) in [5.41, 5.74) is 0.904. The van der Waals surface area contributed by atoms with Gasteiger partial charge in [0.05, 0.1) is 12.6 Å². The fourth-order valence-electron chi connectivity index (χ4n) is 1.29. The molecular weight excluding hydrogens is 245 g/mol. The Morgan fingerprint density at radius 1 is 1.31 bits per heavy atom. The van der Waals surface area contributed by atoms with Gasteiger partial charge in [-0.05, 0) is 37.6 Å². The van der Waals surface area contributed by atoms with Gasteiger partial charge in [0.2, 0.25) is 0 Å². The van der Waals surface area contributed by atoms with Crippen molar-refractivity contribution in [1.82, 2.24) is 0 Å². The van der Waals surface area contributed by atoms with Crippen LogP contribution >= 0.6 is 23.2 Å². The number of hydrogen-bond donors (Lipinski definition) is 0. The second-order valence-corrected chi connectivity index (χ2v) is 4.34. The molecule has 0 aromatic heterocycles. The van der Waals surface area contributed by atoms with Crippen LogP contribution in [0.2, 0.25) is 10.0 Å². The number of benzene rings is 1. The summed E-state index contributed by atoms with van der Waals surface area (Å²) in [6, 6.07) is 5.34. The second kappa shape index (κ2) is 6.89. The number of hydrogen-bond acceptors (Lipinski definition) is 2. The highest BCUT2D eigenvalue weighted by atomic mass is 35.5. The Morgan fingerprint density at radius 2 is 1.94 bits per heavy atom. The van der Waals surface area contributed by atoms with Gasteiger partial charge in [-0.15, -0.1) is 0 Å². The summed E-state index contributed by atoms with van der Waals surface area (Å²) in [4.78, 5) is 4.28. The smallest absolute Gasteiger partial charge is 0.0741 e. The van der Waals surface area contributed by atoms with Crippen molar-refractivity contribution in [2.45, 2.75) is 20.0 Å². The average molecular weight is 260 g/mol. The van der Waals surface area contributed by atoms with E-state index in [2.05, 4.69) is 4.99 Å². The van der Waals surface area contributed by atoms with E-state index in [0.29, 0.717) is 23.2 Å². The molecule has 1 unspecified atom stereocenters. The van der Waals surface area contributed by atoms with Crippen LogP contribution < -0.4 is 0 Å². The molecule has 2 nitrogen and oxygen atoms in total. The molecule has 0 aliphatic heterocycles. The van der Waals surface area contributed by atoms with E-state index in [9.17, 15) is 0 Å². The number of ether oxygens (including phenoxy) is 1. The van der Waals surface area contributed by atoms with Crippen molar-refractivity contribution in [1.29, 1.82) is 0 Å². The Balaban J connectivity index is 2.55. The summed E-state index contributed by atoms with van der Waals surface area (Å²) in [7, 11) is 0. The molecular formula is C12H15Cl2NO. The van der Waals surface area contributed by atoms with Crippen molar-refractivity contribution in [2.75, 3.05) is 13.2 Å². The third-order valence-corrected chi connectivity index (χ3v) is 2.38. The van der Waals surface area contributed by atoms with Crippen LogP contribution in [0.5, 0.6) is 0 Å². The molecule has 0 heterocycles. The lowest BCUT2D eigenvalue weighted by Gasteiger charge is -2.07. The molecule has 0 aliphatic carbocycles.